The highest BCUT2D eigenvalue weighted by Crippen LogP contribution is 2.33. The number of thiophene rings is 1. The van der Waals surface area contributed by atoms with Crippen LogP contribution in [0.1, 0.15) is 61.6 Å². The van der Waals surface area contributed by atoms with E-state index in [2.05, 4.69) is 34.8 Å². The Morgan fingerprint density at radius 3 is 2.81 bits per heavy atom. The molecule has 1 atom stereocenters. The van der Waals surface area contributed by atoms with Gasteiger partial charge < -0.3 is 9.88 Å². The van der Waals surface area contributed by atoms with Crippen LogP contribution in [0.25, 0.3) is 0 Å². The number of aromatic nitrogens is 3. The van der Waals surface area contributed by atoms with Gasteiger partial charge in [0.05, 0.1) is 18.3 Å². The molecule has 7 nitrogen and oxygen atoms in total. The van der Waals surface area contributed by atoms with Gasteiger partial charge in [0.1, 0.15) is 5.82 Å². The minimum Gasteiger partial charge on any atom is -0.332 e. The number of carbonyl (C=O) groups is 1. The number of amides is 1. The van der Waals surface area contributed by atoms with Crippen LogP contribution >= 0.6 is 11.3 Å². The zero-order valence-electron chi connectivity index (χ0n) is 18.4. The second kappa shape index (κ2) is 8.60. The average molecular weight is 450 g/mol. The molecule has 0 bridgehead atoms. The van der Waals surface area contributed by atoms with Crippen LogP contribution in [0, 0.1) is 13.8 Å². The molecule has 1 unspecified atom stereocenters. The molecule has 2 aliphatic heterocycles. The number of H-pyrrole nitrogens is 1. The summed E-state index contributed by atoms with van der Waals surface area (Å²) in [7, 11) is 0. The van der Waals surface area contributed by atoms with Crippen molar-refractivity contribution in [3.05, 3.63) is 78.9 Å². The lowest BCUT2D eigenvalue weighted by atomic mass is 10.0. The van der Waals surface area contributed by atoms with Crippen LogP contribution < -0.4 is 5.56 Å². The van der Waals surface area contributed by atoms with Crippen molar-refractivity contribution in [2.45, 2.75) is 52.2 Å². The molecule has 5 heterocycles. The van der Waals surface area contributed by atoms with Gasteiger partial charge in [0, 0.05) is 46.4 Å². The van der Waals surface area contributed by atoms with E-state index in [9.17, 15) is 9.59 Å². The Labute approximate surface area is 191 Å². The minimum absolute atomic E-state index is 0.0486. The zero-order valence-corrected chi connectivity index (χ0v) is 19.2. The monoisotopic (exact) mass is 449 g/mol. The quantitative estimate of drug-likeness (QED) is 0.660. The summed E-state index contributed by atoms with van der Waals surface area (Å²) in [6.07, 6.45) is 5.83. The molecule has 5 rings (SSSR count). The third kappa shape index (κ3) is 4.00. The van der Waals surface area contributed by atoms with Crippen LogP contribution in [-0.4, -0.2) is 43.7 Å². The largest absolute Gasteiger partial charge is 0.332 e. The van der Waals surface area contributed by atoms with Crippen molar-refractivity contribution in [1.82, 2.24) is 24.8 Å². The molecule has 2 aliphatic rings. The molecule has 32 heavy (non-hydrogen) atoms. The standard InChI is InChI=1S/C24H27N5O2S/c1-15-12-18(16(2)32-15)13-28-10-3-4-21(28)22-26-20-14-29(11-7-19(20)23(30)27-22)24(31)17-5-8-25-9-6-17/h5-6,8-9,12,21H,3-4,7,10-11,13-14H2,1-2H3,(H,26,27,30). The lowest BCUT2D eigenvalue weighted by Crippen LogP contribution is -2.40. The van der Waals surface area contributed by atoms with E-state index in [1.54, 1.807) is 29.4 Å². The van der Waals surface area contributed by atoms with E-state index >= 15 is 0 Å². The molecular formula is C24H27N5O2S. The summed E-state index contributed by atoms with van der Waals surface area (Å²) in [6.45, 7) is 7.06. The van der Waals surface area contributed by atoms with Crippen LogP contribution in [0.3, 0.4) is 0 Å². The van der Waals surface area contributed by atoms with Gasteiger partial charge in [-0.25, -0.2) is 4.98 Å². The fraction of sp³-hybridized carbons (Fsp3) is 0.417. The molecule has 3 aromatic rings. The molecule has 0 aliphatic carbocycles. The first-order chi connectivity index (χ1) is 15.5. The lowest BCUT2D eigenvalue weighted by molar-refractivity contribution is 0.0730. The van der Waals surface area contributed by atoms with Gasteiger partial charge in [-0.1, -0.05) is 0 Å². The van der Waals surface area contributed by atoms with Gasteiger partial charge in [0.25, 0.3) is 11.5 Å². The molecular weight excluding hydrogens is 422 g/mol. The zero-order chi connectivity index (χ0) is 22.2. The maximum absolute atomic E-state index is 12.9. The summed E-state index contributed by atoms with van der Waals surface area (Å²) in [5.41, 5.74) is 3.34. The normalized spacial score (nSPS) is 18.7. The maximum atomic E-state index is 12.9. The van der Waals surface area contributed by atoms with Gasteiger partial charge in [0.15, 0.2) is 0 Å². The molecule has 0 radical (unpaired) electrons. The van der Waals surface area contributed by atoms with Crippen LogP contribution in [0.5, 0.6) is 0 Å². The van der Waals surface area contributed by atoms with E-state index in [1.807, 2.05) is 11.3 Å². The first-order valence-electron chi connectivity index (χ1n) is 11.1. The topological polar surface area (TPSA) is 82.2 Å². The molecule has 0 aromatic carbocycles. The number of rotatable bonds is 4. The molecule has 1 N–H and O–H groups in total. The Balaban J connectivity index is 1.39. The number of aromatic amines is 1. The molecule has 0 saturated carbocycles. The van der Waals surface area contributed by atoms with Gasteiger partial charge >= 0.3 is 0 Å². The Morgan fingerprint density at radius 1 is 1.25 bits per heavy atom. The predicted molar refractivity (Wildman–Crippen MR) is 124 cm³/mol. The number of hydrogen-bond acceptors (Lipinski definition) is 6. The lowest BCUT2D eigenvalue weighted by Gasteiger charge is -2.29. The fourth-order valence-electron chi connectivity index (χ4n) is 4.85. The van der Waals surface area contributed by atoms with E-state index in [0.717, 1.165) is 37.4 Å². The van der Waals surface area contributed by atoms with Crippen molar-refractivity contribution >= 4 is 17.2 Å². The second-order valence-electron chi connectivity index (χ2n) is 8.66. The van der Waals surface area contributed by atoms with Crippen LogP contribution in [0.2, 0.25) is 0 Å². The second-order valence-corrected chi connectivity index (χ2v) is 10.1. The number of aryl methyl sites for hydroxylation is 2. The van der Waals surface area contributed by atoms with E-state index in [1.165, 1.54) is 15.3 Å². The highest BCUT2D eigenvalue weighted by molar-refractivity contribution is 7.12. The summed E-state index contributed by atoms with van der Waals surface area (Å²) >= 11 is 1.83. The molecule has 1 fully saturated rings. The fourth-order valence-corrected chi connectivity index (χ4v) is 5.79. The summed E-state index contributed by atoms with van der Waals surface area (Å²) in [5, 5.41) is 0. The number of likely N-dealkylation sites (tertiary alicyclic amines) is 1. The van der Waals surface area contributed by atoms with Crippen molar-refractivity contribution in [2.75, 3.05) is 13.1 Å². The average Bonchev–Trinajstić information content (AvgIpc) is 3.39. The van der Waals surface area contributed by atoms with Crippen LogP contribution in [0.15, 0.2) is 35.4 Å². The molecule has 3 aromatic heterocycles. The van der Waals surface area contributed by atoms with Gasteiger partial charge in [-0.05, 0) is 63.4 Å². The summed E-state index contributed by atoms with van der Waals surface area (Å²) in [5.74, 6) is 0.682. The Morgan fingerprint density at radius 2 is 2.06 bits per heavy atom. The Kier molecular flexibility index (Phi) is 5.65. The summed E-state index contributed by atoms with van der Waals surface area (Å²) < 4.78 is 0. The van der Waals surface area contributed by atoms with Gasteiger partial charge in [-0.3, -0.25) is 19.5 Å². The Hall–Kier alpha value is -2.84. The SMILES string of the molecule is Cc1cc(CN2CCCC2c2nc3c(c(=O)[nH]2)CCN(C(=O)c2ccncc2)C3)c(C)s1. The van der Waals surface area contributed by atoms with E-state index < -0.39 is 0 Å². The smallest absolute Gasteiger partial charge is 0.254 e. The first kappa shape index (κ1) is 21.0. The van der Waals surface area contributed by atoms with Crippen LogP contribution in [0.4, 0.5) is 0 Å². The maximum Gasteiger partial charge on any atom is 0.254 e. The highest BCUT2D eigenvalue weighted by Gasteiger charge is 2.31. The number of fused-ring (bicyclic) bond motifs is 1. The number of nitrogens with zero attached hydrogens (tertiary/aromatic N) is 4. The van der Waals surface area contributed by atoms with Gasteiger partial charge in [0.2, 0.25) is 0 Å². The van der Waals surface area contributed by atoms with Crippen molar-refractivity contribution in [3.63, 3.8) is 0 Å². The molecule has 1 amide bonds. The minimum atomic E-state index is -0.0598. The van der Waals surface area contributed by atoms with Crippen LogP contribution in [-0.2, 0) is 19.5 Å². The predicted octanol–water partition coefficient (Wildman–Crippen LogP) is 3.38. The number of carbonyl (C=O) groups excluding carboxylic acids is 1. The highest BCUT2D eigenvalue weighted by atomic mass is 32.1. The van der Waals surface area contributed by atoms with E-state index in [-0.39, 0.29) is 17.5 Å². The molecule has 1 saturated heterocycles. The third-order valence-corrected chi connectivity index (χ3v) is 7.51. The van der Waals surface area contributed by atoms with E-state index in [4.69, 9.17) is 4.98 Å². The molecule has 8 heteroatoms. The third-order valence-electron chi connectivity index (χ3n) is 6.50. The summed E-state index contributed by atoms with van der Waals surface area (Å²) in [6, 6.07) is 5.80. The number of hydrogen-bond donors (Lipinski definition) is 1. The van der Waals surface area contributed by atoms with Crippen molar-refractivity contribution in [2.24, 2.45) is 0 Å². The van der Waals surface area contributed by atoms with Crippen molar-refractivity contribution in [1.29, 1.82) is 0 Å². The Bertz CT molecular complexity index is 1200. The van der Waals surface area contributed by atoms with Gasteiger partial charge in [-0.2, -0.15) is 0 Å². The van der Waals surface area contributed by atoms with Crippen molar-refractivity contribution in [3.8, 4) is 0 Å². The summed E-state index contributed by atoms with van der Waals surface area (Å²) in [4.78, 5) is 44.6. The first-order valence-corrected chi connectivity index (χ1v) is 11.9. The number of nitrogens with one attached hydrogen (secondary N) is 1. The van der Waals surface area contributed by atoms with Gasteiger partial charge in [-0.15, -0.1) is 11.3 Å². The molecule has 166 valence electrons. The molecule has 0 spiro atoms. The number of pyridine rings is 1. The van der Waals surface area contributed by atoms with E-state index in [0.29, 0.717) is 30.6 Å². The van der Waals surface area contributed by atoms with Crippen molar-refractivity contribution < 1.29 is 4.79 Å².